The Labute approximate surface area is 151 Å². The second kappa shape index (κ2) is 8.93. The number of carbonyl (C=O) groups excluding carboxylic acids is 1. The minimum absolute atomic E-state index is 0.118. The number of hydrogen-bond acceptors (Lipinski definition) is 3. The van der Waals surface area contributed by atoms with Crippen LogP contribution < -0.4 is 5.32 Å². The van der Waals surface area contributed by atoms with Crippen LogP contribution >= 0.6 is 11.8 Å². The fourth-order valence-electron chi connectivity index (χ4n) is 3.39. The van der Waals surface area contributed by atoms with Gasteiger partial charge in [0.2, 0.25) is 5.91 Å². The van der Waals surface area contributed by atoms with E-state index in [0.717, 1.165) is 23.7 Å². The molecule has 0 spiro atoms. The Morgan fingerprint density at radius 3 is 2.54 bits per heavy atom. The van der Waals surface area contributed by atoms with Crippen LogP contribution in [0.5, 0.6) is 0 Å². The average molecular weight is 352 g/mol. The molecule has 1 aliphatic rings. The molecule has 1 unspecified atom stereocenters. The Bertz CT molecular complexity index is 547. The molecular formula is C19H33N3OS. The summed E-state index contributed by atoms with van der Waals surface area (Å²) in [4.78, 5) is 16.9. The number of thioether (sulfide) groups is 1. The van der Waals surface area contributed by atoms with E-state index in [1.54, 1.807) is 11.8 Å². The van der Waals surface area contributed by atoms with E-state index in [1.807, 2.05) is 0 Å². The molecule has 1 aliphatic carbocycles. The zero-order chi connectivity index (χ0) is 17.7. The van der Waals surface area contributed by atoms with Crippen molar-refractivity contribution in [2.75, 3.05) is 5.75 Å². The van der Waals surface area contributed by atoms with Gasteiger partial charge in [0, 0.05) is 17.8 Å². The van der Waals surface area contributed by atoms with Crippen molar-refractivity contribution in [1.82, 2.24) is 14.9 Å². The standard InChI is InChI=1S/C19H33N3OS/c1-13(2)10-11-14(3)20-18(23)12-24-19-21-15(4)16(5)22(19)17-8-6-7-9-17/h13-14,17H,6-12H2,1-5H3,(H,20,23). The van der Waals surface area contributed by atoms with Gasteiger partial charge >= 0.3 is 0 Å². The van der Waals surface area contributed by atoms with Crippen LogP contribution in [-0.4, -0.2) is 27.3 Å². The molecule has 1 heterocycles. The SMILES string of the molecule is Cc1nc(SCC(=O)NC(C)CCC(C)C)n(C2CCCC2)c1C. The molecule has 0 aromatic carbocycles. The van der Waals surface area contributed by atoms with Crippen LogP contribution in [0.2, 0.25) is 0 Å². The van der Waals surface area contributed by atoms with Crippen molar-refractivity contribution < 1.29 is 4.79 Å². The molecular weight excluding hydrogens is 318 g/mol. The summed E-state index contributed by atoms with van der Waals surface area (Å²) < 4.78 is 2.38. The normalized spacial score (nSPS) is 16.8. The van der Waals surface area contributed by atoms with E-state index in [-0.39, 0.29) is 11.9 Å². The topological polar surface area (TPSA) is 46.9 Å². The van der Waals surface area contributed by atoms with Crippen LogP contribution in [0.1, 0.15) is 76.7 Å². The van der Waals surface area contributed by atoms with Gasteiger partial charge in [0.05, 0.1) is 11.4 Å². The van der Waals surface area contributed by atoms with Crippen molar-refractivity contribution >= 4 is 17.7 Å². The molecule has 0 radical (unpaired) electrons. The molecule has 1 N–H and O–H groups in total. The van der Waals surface area contributed by atoms with Crippen molar-refractivity contribution in [2.45, 2.75) is 90.4 Å². The summed E-state index contributed by atoms with van der Waals surface area (Å²) in [5.41, 5.74) is 2.35. The summed E-state index contributed by atoms with van der Waals surface area (Å²) in [6.07, 6.45) is 7.28. The predicted molar refractivity (Wildman–Crippen MR) is 102 cm³/mol. The minimum atomic E-state index is 0.118. The van der Waals surface area contributed by atoms with Crippen LogP contribution in [0.3, 0.4) is 0 Å². The van der Waals surface area contributed by atoms with Gasteiger partial charge in [0.15, 0.2) is 5.16 Å². The van der Waals surface area contributed by atoms with Gasteiger partial charge in [-0.2, -0.15) is 0 Å². The van der Waals surface area contributed by atoms with Gasteiger partial charge in [-0.1, -0.05) is 38.5 Å². The van der Waals surface area contributed by atoms with Gasteiger partial charge in [-0.25, -0.2) is 4.98 Å². The molecule has 0 aliphatic heterocycles. The zero-order valence-corrected chi connectivity index (χ0v) is 16.7. The van der Waals surface area contributed by atoms with Gasteiger partial charge in [-0.3, -0.25) is 4.79 Å². The smallest absolute Gasteiger partial charge is 0.230 e. The first-order valence-corrected chi connectivity index (χ1v) is 10.3. The van der Waals surface area contributed by atoms with Gasteiger partial charge in [0.1, 0.15) is 0 Å². The maximum absolute atomic E-state index is 12.2. The fraction of sp³-hybridized carbons (Fsp3) is 0.789. The third kappa shape index (κ3) is 5.27. The molecule has 136 valence electrons. The Balaban J connectivity index is 1.89. The molecule has 1 atom stereocenters. The van der Waals surface area contributed by atoms with Crippen LogP contribution in [0, 0.1) is 19.8 Å². The van der Waals surface area contributed by atoms with Crippen LogP contribution in [-0.2, 0) is 4.79 Å². The summed E-state index contributed by atoms with van der Waals surface area (Å²) >= 11 is 1.58. The maximum atomic E-state index is 12.2. The highest BCUT2D eigenvalue weighted by molar-refractivity contribution is 7.99. The second-order valence-electron chi connectivity index (χ2n) is 7.60. The molecule has 1 aromatic rings. The highest BCUT2D eigenvalue weighted by Crippen LogP contribution is 2.35. The quantitative estimate of drug-likeness (QED) is 0.694. The Morgan fingerprint density at radius 2 is 1.92 bits per heavy atom. The summed E-state index contributed by atoms with van der Waals surface area (Å²) in [6.45, 7) is 10.8. The summed E-state index contributed by atoms with van der Waals surface area (Å²) in [5.74, 6) is 1.25. The van der Waals surface area contributed by atoms with E-state index in [1.165, 1.54) is 31.4 Å². The zero-order valence-electron chi connectivity index (χ0n) is 15.9. The number of amides is 1. The number of nitrogens with zero attached hydrogens (tertiary/aromatic N) is 2. The molecule has 2 rings (SSSR count). The van der Waals surface area contributed by atoms with Crippen LogP contribution in [0.4, 0.5) is 0 Å². The van der Waals surface area contributed by atoms with Gasteiger partial charge < -0.3 is 9.88 Å². The summed E-state index contributed by atoms with van der Waals surface area (Å²) in [5, 5.41) is 4.13. The summed E-state index contributed by atoms with van der Waals surface area (Å²) in [7, 11) is 0. The van der Waals surface area contributed by atoms with E-state index in [4.69, 9.17) is 4.98 Å². The molecule has 5 heteroatoms. The average Bonchev–Trinajstić information content (AvgIpc) is 3.12. The number of hydrogen-bond donors (Lipinski definition) is 1. The van der Waals surface area contributed by atoms with E-state index < -0.39 is 0 Å². The molecule has 1 saturated carbocycles. The van der Waals surface area contributed by atoms with E-state index in [9.17, 15) is 4.79 Å². The van der Waals surface area contributed by atoms with Crippen molar-refractivity contribution in [1.29, 1.82) is 0 Å². The Hall–Kier alpha value is -0.970. The first-order valence-electron chi connectivity index (χ1n) is 9.36. The third-order valence-electron chi connectivity index (χ3n) is 4.96. The van der Waals surface area contributed by atoms with Gasteiger partial charge in [-0.05, 0) is 52.4 Å². The highest BCUT2D eigenvalue weighted by atomic mass is 32.2. The monoisotopic (exact) mass is 351 g/mol. The number of nitrogens with one attached hydrogen (secondary N) is 1. The lowest BCUT2D eigenvalue weighted by molar-refractivity contribution is -0.119. The molecule has 0 saturated heterocycles. The lowest BCUT2D eigenvalue weighted by atomic mass is 10.0. The first kappa shape index (κ1) is 19.4. The van der Waals surface area contributed by atoms with E-state index >= 15 is 0 Å². The number of carbonyl (C=O) groups is 1. The number of rotatable bonds is 8. The predicted octanol–water partition coefficient (Wildman–Crippen LogP) is 4.65. The molecule has 1 amide bonds. The fourth-order valence-corrected chi connectivity index (χ4v) is 4.36. The molecule has 1 fully saturated rings. The Kier molecular flexibility index (Phi) is 7.20. The van der Waals surface area contributed by atoms with Crippen molar-refractivity contribution in [3.63, 3.8) is 0 Å². The third-order valence-corrected chi connectivity index (χ3v) is 5.91. The van der Waals surface area contributed by atoms with E-state index in [0.29, 0.717) is 17.7 Å². The molecule has 0 bridgehead atoms. The lowest BCUT2D eigenvalue weighted by Crippen LogP contribution is -2.34. The van der Waals surface area contributed by atoms with E-state index in [2.05, 4.69) is 44.5 Å². The van der Waals surface area contributed by atoms with Crippen LogP contribution in [0.15, 0.2) is 5.16 Å². The number of imidazole rings is 1. The molecule has 1 aromatic heterocycles. The second-order valence-corrected chi connectivity index (χ2v) is 8.54. The van der Waals surface area contributed by atoms with Gasteiger partial charge in [-0.15, -0.1) is 0 Å². The first-order chi connectivity index (χ1) is 11.4. The number of aryl methyl sites for hydroxylation is 1. The highest BCUT2D eigenvalue weighted by Gasteiger charge is 2.23. The molecule has 4 nitrogen and oxygen atoms in total. The van der Waals surface area contributed by atoms with Crippen molar-refractivity contribution in [3.05, 3.63) is 11.4 Å². The Morgan fingerprint density at radius 1 is 1.25 bits per heavy atom. The largest absolute Gasteiger partial charge is 0.353 e. The van der Waals surface area contributed by atoms with Crippen molar-refractivity contribution in [3.8, 4) is 0 Å². The molecule has 24 heavy (non-hydrogen) atoms. The number of aromatic nitrogens is 2. The maximum Gasteiger partial charge on any atom is 0.230 e. The van der Waals surface area contributed by atoms with Crippen molar-refractivity contribution in [2.24, 2.45) is 5.92 Å². The minimum Gasteiger partial charge on any atom is -0.353 e. The summed E-state index contributed by atoms with van der Waals surface area (Å²) in [6, 6.07) is 0.820. The van der Waals surface area contributed by atoms with Crippen LogP contribution in [0.25, 0.3) is 0 Å². The lowest BCUT2D eigenvalue weighted by Gasteiger charge is -2.17. The van der Waals surface area contributed by atoms with Gasteiger partial charge in [0.25, 0.3) is 0 Å².